The molecule has 1 aromatic carbocycles. The number of carbonyl (C=O) groups is 1. The fraction of sp³-hybridized carbons (Fsp3) is 0.296. The molecule has 7 nitrogen and oxygen atoms in total. The minimum Gasteiger partial charge on any atom is -0.319 e. The Bertz CT molecular complexity index is 1370. The molecule has 1 saturated heterocycles. The summed E-state index contributed by atoms with van der Waals surface area (Å²) in [6.45, 7) is 3.22. The third-order valence-electron chi connectivity index (χ3n) is 6.55. The van der Waals surface area contributed by atoms with Crippen LogP contribution >= 0.6 is 0 Å². The van der Waals surface area contributed by atoms with Gasteiger partial charge in [0.15, 0.2) is 0 Å². The van der Waals surface area contributed by atoms with Crippen LogP contribution in [-0.2, 0) is 11.3 Å². The summed E-state index contributed by atoms with van der Waals surface area (Å²) in [5.41, 5.74) is 5.52. The van der Waals surface area contributed by atoms with Crippen molar-refractivity contribution in [1.82, 2.24) is 14.9 Å². The van der Waals surface area contributed by atoms with E-state index in [2.05, 4.69) is 20.3 Å². The van der Waals surface area contributed by atoms with Crippen molar-refractivity contribution in [2.75, 3.05) is 18.4 Å². The van der Waals surface area contributed by atoms with Crippen molar-refractivity contribution in [2.45, 2.75) is 38.3 Å². The zero-order valence-corrected chi connectivity index (χ0v) is 19.7. The van der Waals surface area contributed by atoms with E-state index in [9.17, 15) is 13.6 Å². The third-order valence-corrected chi connectivity index (χ3v) is 6.55. The number of amides is 1. The van der Waals surface area contributed by atoms with Gasteiger partial charge < -0.3 is 5.32 Å². The molecule has 0 unspecified atom stereocenters. The molecular formula is C27H24F2N6O. The first-order chi connectivity index (χ1) is 17.3. The maximum absolute atomic E-state index is 13.5. The van der Waals surface area contributed by atoms with Crippen LogP contribution in [0.1, 0.15) is 48.2 Å². The first kappa shape index (κ1) is 23.7. The van der Waals surface area contributed by atoms with E-state index in [0.717, 1.165) is 27.8 Å². The van der Waals surface area contributed by atoms with Gasteiger partial charge in [-0.3, -0.25) is 19.7 Å². The molecule has 1 N–H and O–H groups in total. The second kappa shape index (κ2) is 9.55. The highest BCUT2D eigenvalue weighted by Crippen LogP contribution is 2.34. The standard InChI is InChI=1S/C27H24F2N6O/c1-17-23-5-2-19(20-10-18(13-31-14-20)16-35-8-6-27(28,29)7-9-35)11-24(23)25(33-17)26(36)34-22-4-3-21(12-30)32-15-22/h2-5,10-11,13-15,17H,6-9,16H2,1H3,(H,34,36)/t17-/m0/s1. The number of halogens is 2. The van der Waals surface area contributed by atoms with Gasteiger partial charge in [-0.2, -0.15) is 5.26 Å². The van der Waals surface area contributed by atoms with Crippen LogP contribution in [0.2, 0.25) is 0 Å². The molecule has 36 heavy (non-hydrogen) atoms. The summed E-state index contributed by atoms with van der Waals surface area (Å²) in [4.78, 5) is 28.0. The average Bonchev–Trinajstić information content (AvgIpc) is 3.22. The number of rotatable bonds is 5. The molecule has 4 heterocycles. The molecule has 2 aromatic heterocycles. The molecule has 0 spiro atoms. The number of hydrogen-bond donors (Lipinski definition) is 1. The number of hydrogen-bond acceptors (Lipinski definition) is 6. The number of likely N-dealkylation sites (tertiary alicyclic amines) is 1. The predicted molar refractivity (Wildman–Crippen MR) is 132 cm³/mol. The fourth-order valence-corrected chi connectivity index (χ4v) is 4.57. The van der Waals surface area contributed by atoms with Crippen LogP contribution in [-0.4, -0.2) is 45.5 Å². The van der Waals surface area contributed by atoms with Gasteiger partial charge in [0.2, 0.25) is 0 Å². The Balaban J connectivity index is 1.35. The van der Waals surface area contributed by atoms with Gasteiger partial charge >= 0.3 is 0 Å². The molecule has 0 aliphatic carbocycles. The number of fused-ring (bicyclic) bond motifs is 1. The molecule has 0 radical (unpaired) electrons. The minimum absolute atomic E-state index is 0.119. The van der Waals surface area contributed by atoms with Crippen LogP contribution in [0, 0.1) is 11.3 Å². The molecule has 1 amide bonds. The van der Waals surface area contributed by atoms with Crippen molar-refractivity contribution >= 4 is 17.3 Å². The van der Waals surface area contributed by atoms with Crippen molar-refractivity contribution in [3.63, 3.8) is 0 Å². The predicted octanol–water partition coefficient (Wildman–Crippen LogP) is 4.75. The van der Waals surface area contributed by atoms with E-state index < -0.39 is 5.92 Å². The van der Waals surface area contributed by atoms with Crippen molar-refractivity contribution in [3.8, 4) is 17.2 Å². The van der Waals surface area contributed by atoms with Crippen LogP contribution < -0.4 is 5.32 Å². The van der Waals surface area contributed by atoms with Crippen LogP contribution in [0.3, 0.4) is 0 Å². The van der Waals surface area contributed by atoms with E-state index in [1.165, 1.54) is 12.3 Å². The molecule has 0 bridgehead atoms. The smallest absolute Gasteiger partial charge is 0.274 e. The number of alkyl halides is 2. The highest BCUT2D eigenvalue weighted by molar-refractivity contribution is 6.50. The number of nitrogens with zero attached hydrogens (tertiary/aromatic N) is 5. The number of pyridine rings is 2. The van der Waals surface area contributed by atoms with Crippen LogP contribution in [0.4, 0.5) is 14.5 Å². The van der Waals surface area contributed by atoms with Crippen molar-refractivity contribution in [2.24, 2.45) is 4.99 Å². The Morgan fingerprint density at radius 2 is 1.94 bits per heavy atom. The number of anilines is 1. The molecule has 2 aliphatic rings. The number of aliphatic imine (C=N–C) groups is 1. The summed E-state index contributed by atoms with van der Waals surface area (Å²) in [7, 11) is 0. The Hall–Kier alpha value is -4.03. The second-order valence-electron chi connectivity index (χ2n) is 9.17. The van der Waals surface area contributed by atoms with Crippen LogP contribution in [0.5, 0.6) is 0 Å². The van der Waals surface area contributed by atoms with Gasteiger partial charge in [-0.15, -0.1) is 0 Å². The van der Waals surface area contributed by atoms with E-state index in [-0.39, 0.29) is 30.5 Å². The molecule has 1 fully saturated rings. The molecule has 182 valence electrons. The van der Waals surface area contributed by atoms with E-state index >= 15 is 0 Å². The number of nitrogens with one attached hydrogen (secondary N) is 1. The van der Waals surface area contributed by atoms with E-state index in [0.29, 0.717) is 31.0 Å². The Kier molecular flexibility index (Phi) is 6.29. The zero-order chi connectivity index (χ0) is 25.3. The second-order valence-corrected chi connectivity index (χ2v) is 9.17. The Morgan fingerprint density at radius 1 is 1.14 bits per heavy atom. The Morgan fingerprint density at radius 3 is 2.67 bits per heavy atom. The lowest BCUT2D eigenvalue weighted by Crippen LogP contribution is -2.38. The summed E-state index contributed by atoms with van der Waals surface area (Å²) in [5.74, 6) is -2.92. The summed E-state index contributed by atoms with van der Waals surface area (Å²) in [5, 5.41) is 11.7. The van der Waals surface area contributed by atoms with Crippen molar-refractivity contribution in [3.05, 3.63) is 77.4 Å². The van der Waals surface area contributed by atoms with E-state index in [4.69, 9.17) is 5.26 Å². The molecular weight excluding hydrogens is 462 g/mol. The fourth-order valence-electron chi connectivity index (χ4n) is 4.57. The topological polar surface area (TPSA) is 94.3 Å². The largest absolute Gasteiger partial charge is 0.319 e. The highest BCUT2D eigenvalue weighted by atomic mass is 19.3. The number of carbonyl (C=O) groups excluding carboxylic acids is 1. The molecule has 9 heteroatoms. The van der Waals surface area contributed by atoms with Gasteiger partial charge in [-0.05, 0) is 47.9 Å². The van der Waals surface area contributed by atoms with Gasteiger partial charge in [-0.25, -0.2) is 13.8 Å². The van der Waals surface area contributed by atoms with Crippen molar-refractivity contribution in [1.29, 1.82) is 5.26 Å². The Labute approximate surface area is 207 Å². The number of nitriles is 1. The van der Waals surface area contributed by atoms with Crippen molar-refractivity contribution < 1.29 is 13.6 Å². The highest BCUT2D eigenvalue weighted by Gasteiger charge is 2.34. The molecule has 5 rings (SSSR count). The normalized spacial score (nSPS) is 18.7. The third kappa shape index (κ3) is 4.99. The van der Waals surface area contributed by atoms with Gasteiger partial charge in [0.05, 0.1) is 17.9 Å². The average molecular weight is 487 g/mol. The van der Waals surface area contributed by atoms with Gasteiger partial charge in [-0.1, -0.05) is 12.1 Å². The molecule has 0 saturated carbocycles. The summed E-state index contributed by atoms with van der Waals surface area (Å²) in [6.07, 6.45) is 4.72. The first-order valence-corrected chi connectivity index (χ1v) is 11.8. The van der Waals surface area contributed by atoms with Crippen LogP contribution in [0.15, 0.2) is 60.0 Å². The number of piperidine rings is 1. The SMILES string of the molecule is C[C@@H]1N=C(C(=O)Nc2ccc(C#N)nc2)c2cc(-c3cncc(CN4CCC(F)(F)CC4)c3)ccc21. The quantitative estimate of drug-likeness (QED) is 0.562. The zero-order valence-electron chi connectivity index (χ0n) is 19.7. The number of benzene rings is 1. The lowest BCUT2D eigenvalue weighted by molar-refractivity contribution is -0.110. The van der Waals surface area contributed by atoms with E-state index in [1.807, 2.05) is 42.2 Å². The van der Waals surface area contributed by atoms with E-state index in [1.54, 1.807) is 18.5 Å². The molecule has 1 atom stereocenters. The maximum atomic E-state index is 13.5. The lowest BCUT2D eigenvalue weighted by atomic mass is 9.96. The van der Waals surface area contributed by atoms with Gasteiger partial charge in [0.1, 0.15) is 17.5 Å². The monoisotopic (exact) mass is 486 g/mol. The number of aromatic nitrogens is 2. The molecule has 2 aliphatic heterocycles. The summed E-state index contributed by atoms with van der Waals surface area (Å²) < 4.78 is 27.0. The van der Waals surface area contributed by atoms with Gasteiger partial charge in [0.25, 0.3) is 11.8 Å². The minimum atomic E-state index is -2.57. The maximum Gasteiger partial charge on any atom is 0.274 e. The van der Waals surface area contributed by atoms with Crippen LogP contribution in [0.25, 0.3) is 11.1 Å². The summed E-state index contributed by atoms with van der Waals surface area (Å²) >= 11 is 0. The molecule has 3 aromatic rings. The van der Waals surface area contributed by atoms with Gasteiger partial charge in [0, 0.05) is 56.0 Å². The lowest BCUT2D eigenvalue weighted by Gasteiger charge is -2.31. The first-order valence-electron chi connectivity index (χ1n) is 11.8. The summed E-state index contributed by atoms with van der Waals surface area (Å²) in [6, 6.07) is 12.9.